The molecular formula is C23H21ClN6O. The molecule has 0 saturated carbocycles. The van der Waals surface area contributed by atoms with Crippen molar-refractivity contribution in [2.75, 3.05) is 0 Å². The largest absolute Gasteiger partial charge is 0.390 e. The predicted molar refractivity (Wildman–Crippen MR) is 126 cm³/mol. The van der Waals surface area contributed by atoms with Crippen LogP contribution < -0.4 is 16.6 Å². The first-order chi connectivity index (χ1) is 15.0. The highest BCUT2D eigenvalue weighted by Crippen LogP contribution is 2.27. The predicted octanol–water partition coefficient (Wildman–Crippen LogP) is 4.31. The van der Waals surface area contributed by atoms with Gasteiger partial charge < -0.3 is 16.0 Å². The van der Waals surface area contributed by atoms with E-state index in [0.717, 1.165) is 16.8 Å². The second kappa shape index (κ2) is 8.49. The summed E-state index contributed by atoms with van der Waals surface area (Å²) < 4.78 is 1.67. The van der Waals surface area contributed by atoms with Crippen molar-refractivity contribution in [1.82, 2.24) is 19.9 Å². The number of pyridine rings is 1. The average Bonchev–Trinajstić information content (AvgIpc) is 3.23. The van der Waals surface area contributed by atoms with Crippen molar-refractivity contribution in [2.24, 2.45) is 10.7 Å². The number of nitrogens with zero attached hydrogens (tertiary/aromatic N) is 3. The number of H-pyrrole nitrogens is 1. The Balaban J connectivity index is 1.83. The van der Waals surface area contributed by atoms with Crippen molar-refractivity contribution in [1.29, 1.82) is 0 Å². The van der Waals surface area contributed by atoms with E-state index in [-0.39, 0.29) is 11.6 Å². The summed E-state index contributed by atoms with van der Waals surface area (Å²) in [5.41, 5.74) is 7.92. The highest BCUT2D eigenvalue weighted by molar-refractivity contribution is 6.35. The topological polar surface area (TPSA) is 101 Å². The monoisotopic (exact) mass is 432 g/mol. The van der Waals surface area contributed by atoms with Crippen LogP contribution in [0, 0.1) is 0 Å². The van der Waals surface area contributed by atoms with Crippen LogP contribution in [0.4, 0.5) is 5.82 Å². The Morgan fingerprint density at radius 3 is 2.81 bits per heavy atom. The fraction of sp³-hybridized carbons (Fsp3) is 0.0870. The van der Waals surface area contributed by atoms with Gasteiger partial charge in [0.1, 0.15) is 5.69 Å². The molecule has 7 nitrogen and oxygen atoms in total. The van der Waals surface area contributed by atoms with Gasteiger partial charge in [0.25, 0.3) is 5.56 Å². The second-order valence-electron chi connectivity index (χ2n) is 6.97. The first-order valence-corrected chi connectivity index (χ1v) is 10.0. The van der Waals surface area contributed by atoms with E-state index in [1.165, 1.54) is 12.7 Å². The number of halogens is 1. The summed E-state index contributed by atoms with van der Waals surface area (Å²) in [6.07, 6.45) is 2.70. The van der Waals surface area contributed by atoms with Gasteiger partial charge >= 0.3 is 0 Å². The number of hydrogen-bond donors (Lipinski definition) is 3. The van der Waals surface area contributed by atoms with Crippen LogP contribution in [0.5, 0.6) is 0 Å². The van der Waals surface area contributed by atoms with Gasteiger partial charge in [-0.05, 0) is 36.6 Å². The van der Waals surface area contributed by atoms with Gasteiger partial charge in [-0.3, -0.25) is 9.36 Å². The molecule has 4 aromatic rings. The molecule has 0 unspecified atom stereocenters. The number of nitrogens with two attached hydrogens (primary N) is 1. The molecule has 0 aliphatic heterocycles. The number of hydrogen-bond acceptors (Lipinski definition) is 4. The second-order valence-corrected chi connectivity index (χ2v) is 7.38. The van der Waals surface area contributed by atoms with Crippen LogP contribution in [0.3, 0.4) is 0 Å². The molecule has 31 heavy (non-hydrogen) atoms. The van der Waals surface area contributed by atoms with Gasteiger partial charge in [0.15, 0.2) is 5.82 Å². The number of nitrogens with one attached hydrogen (secondary N) is 2. The van der Waals surface area contributed by atoms with Crippen LogP contribution in [0.2, 0.25) is 5.02 Å². The van der Waals surface area contributed by atoms with Gasteiger partial charge in [0, 0.05) is 11.4 Å². The van der Waals surface area contributed by atoms with Gasteiger partial charge in [-0.1, -0.05) is 48.5 Å². The molecule has 0 amide bonds. The number of benzene rings is 2. The van der Waals surface area contributed by atoms with Crippen LogP contribution >= 0.6 is 11.6 Å². The molecule has 2 aromatic heterocycles. The Hall–Kier alpha value is -3.84. The molecule has 0 bridgehead atoms. The summed E-state index contributed by atoms with van der Waals surface area (Å²) >= 11 is 6.37. The molecule has 156 valence electrons. The van der Waals surface area contributed by atoms with E-state index >= 15 is 0 Å². The van der Waals surface area contributed by atoms with Crippen LogP contribution in [-0.4, -0.2) is 20.9 Å². The molecule has 0 saturated heterocycles. The average molecular weight is 433 g/mol. The van der Waals surface area contributed by atoms with Gasteiger partial charge in [-0.15, -0.1) is 0 Å². The van der Waals surface area contributed by atoms with E-state index in [4.69, 9.17) is 17.3 Å². The molecule has 0 radical (unpaired) electrons. The first-order valence-electron chi connectivity index (χ1n) is 9.64. The SMILES string of the molecule is C=C(N[C@@H](C)c1cc2cccc(Cl)c2c(=O)n1-c1ccccc1)c1[nH]cnc1N=CN. The van der Waals surface area contributed by atoms with E-state index < -0.39 is 0 Å². The third kappa shape index (κ3) is 3.83. The zero-order chi connectivity index (χ0) is 22.0. The minimum atomic E-state index is -0.276. The maximum Gasteiger partial charge on any atom is 0.264 e. The Labute approximate surface area is 183 Å². The Kier molecular flexibility index (Phi) is 5.60. The summed E-state index contributed by atoms with van der Waals surface area (Å²) in [6, 6.07) is 16.6. The third-order valence-electron chi connectivity index (χ3n) is 4.99. The first kappa shape index (κ1) is 20.4. The van der Waals surface area contributed by atoms with Gasteiger partial charge in [0.05, 0.1) is 34.8 Å². The molecule has 1 atom stereocenters. The smallest absolute Gasteiger partial charge is 0.264 e. The van der Waals surface area contributed by atoms with E-state index in [1.54, 1.807) is 10.6 Å². The minimum Gasteiger partial charge on any atom is -0.390 e. The lowest BCUT2D eigenvalue weighted by Gasteiger charge is -2.22. The van der Waals surface area contributed by atoms with E-state index in [2.05, 4.69) is 26.9 Å². The normalized spacial score (nSPS) is 12.3. The molecule has 2 aromatic carbocycles. The zero-order valence-electron chi connectivity index (χ0n) is 16.8. The molecule has 0 fully saturated rings. The van der Waals surface area contributed by atoms with E-state index in [9.17, 15) is 4.79 Å². The Morgan fingerprint density at radius 2 is 2.06 bits per heavy atom. The number of aromatic nitrogens is 3. The summed E-state index contributed by atoms with van der Waals surface area (Å²) in [7, 11) is 0. The summed E-state index contributed by atoms with van der Waals surface area (Å²) in [6.45, 7) is 6.06. The lowest BCUT2D eigenvalue weighted by Crippen LogP contribution is -2.28. The summed E-state index contributed by atoms with van der Waals surface area (Å²) in [5.74, 6) is 0.429. The quantitative estimate of drug-likeness (QED) is 0.312. The van der Waals surface area contributed by atoms with Crippen LogP contribution in [0.25, 0.3) is 22.2 Å². The van der Waals surface area contributed by atoms with Crippen LogP contribution in [0.15, 0.2) is 77.3 Å². The van der Waals surface area contributed by atoms with Crippen molar-refractivity contribution in [3.05, 3.63) is 94.3 Å². The highest BCUT2D eigenvalue weighted by Gasteiger charge is 2.19. The maximum atomic E-state index is 13.5. The van der Waals surface area contributed by atoms with Crippen molar-refractivity contribution in [3.63, 3.8) is 0 Å². The van der Waals surface area contributed by atoms with Crippen LogP contribution in [-0.2, 0) is 0 Å². The van der Waals surface area contributed by atoms with Gasteiger partial charge in [-0.25, -0.2) is 9.98 Å². The highest BCUT2D eigenvalue weighted by atomic mass is 35.5. The molecule has 8 heteroatoms. The van der Waals surface area contributed by atoms with Gasteiger partial charge in [0.2, 0.25) is 0 Å². The molecule has 0 aliphatic rings. The number of para-hydroxylation sites is 1. The minimum absolute atomic E-state index is 0.182. The fourth-order valence-corrected chi connectivity index (χ4v) is 3.85. The molecule has 4 N–H and O–H groups in total. The van der Waals surface area contributed by atoms with Crippen molar-refractivity contribution >= 4 is 40.2 Å². The molecule has 0 aliphatic carbocycles. The molecule has 4 rings (SSSR count). The molecular weight excluding hydrogens is 412 g/mol. The number of rotatable bonds is 6. The number of aromatic amines is 1. The summed E-state index contributed by atoms with van der Waals surface area (Å²) in [4.78, 5) is 24.7. The number of fused-ring (bicyclic) bond motifs is 1. The number of aliphatic imine (C=N–C) groups is 1. The summed E-state index contributed by atoms with van der Waals surface area (Å²) in [5, 5.41) is 5.02. The number of imidazole rings is 1. The Morgan fingerprint density at radius 1 is 1.29 bits per heavy atom. The van der Waals surface area contributed by atoms with E-state index in [0.29, 0.717) is 27.6 Å². The fourth-order valence-electron chi connectivity index (χ4n) is 3.59. The third-order valence-corrected chi connectivity index (χ3v) is 5.31. The standard InChI is InChI=1S/C23H21ClN6O/c1-14(29-15(2)21-22(26-12-25)28-13-27-21)19-11-16-7-6-10-18(24)20(16)23(31)30(19)17-8-4-3-5-9-17/h3-14,29H,2H2,1H3,(H2,25,26)(H,27,28)/t14-/m0/s1. The zero-order valence-corrected chi connectivity index (χ0v) is 17.6. The van der Waals surface area contributed by atoms with Gasteiger partial charge in [-0.2, -0.15) is 0 Å². The Bertz CT molecular complexity index is 1340. The van der Waals surface area contributed by atoms with E-state index in [1.807, 2.05) is 55.5 Å². The van der Waals surface area contributed by atoms with Crippen molar-refractivity contribution in [2.45, 2.75) is 13.0 Å². The van der Waals surface area contributed by atoms with Crippen molar-refractivity contribution in [3.8, 4) is 5.69 Å². The maximum absolute atomic E-state index is 13.5. The molecule has 2 heterocycles. The molecule has 0 spiro atoms. The lowest BCUT2D eigenvalue weighted by molar-refractivity contribution is 0.650. The van der Waals surface area contributed by atoms with Crippen LogP contribution in [0.1, 0.15) is 24.4 Å². The lowest BCUT2D eigenvalue weighted by atomic mass is 10.1. The van der Waals surface area contributed by atoms with Crippen molar-refractivity contribution < 1.29 is 0 Å².